The van der Waals surface area contributed by atoms with Crippen molar-refractivity contribution in [2.45, 2.75) is 18.4 Å². The first-order chi connectivity index (χ1) is 12.0. The summed E-state index contributed by atoms with van der Waals surface area (Å²) in [6.45, 7) is 0. The molecule has 0 saturated heterocycles. The lowest BCUT2D eigenvalue weighted by Gasteiger charge is -2.37. The van der Waals surface area contributed by atoms with Crippen molar-refractivity contribution in [2.24, 2.45) is 5.92 Å². The molecule has 2 aliphatic rings. The first-order valence-corrected chi connectivity index (χ1v) is 8.58. The molecule has 1 aliphatic heterocycles. The van der Waals surface area contributed by atoms with Gasteiger partial charge in [0.2, 0.25) is 0 Å². The Kier molecular flexibility index (Phi) is 3.93. The van der Waals surface area contributed by atoms with Gasteiger partial charge in [-0.05, 0) is 36.1 Å². The Bertz CT molecular complexity index is 916. The van der Waals surface area contributed by atoms with Gasteiger partial charge in [0.25, 0.3) is 5.69 Å². The number of hydrogen-bond donors (Lipinski definition) is 1. The van der Waals surface area contributed by atoms with Gasteiger partial charge in [0.15, 0.2) is 0 Å². The summed E-state index contributed by atoms with van der Waals surface area (Å²) >= 11 is 12.3. The Balaban J connectivity index is 1.89. The number of nitro benzene ring substituents is 1. The highest BCUT2D eigenvalue weighted by Crippen LogP contribution is 2.53. The van der Waals surface area contributed by atoms with E-state index in [-0.39, 0.29) is 29.3 Å². The molecule has 1 N–H and O–H groups in total. The molecule has 0 spiro atoms. The maximum absolute atomic E-state index is 14.5. The van der Waals surface area contributed by atoms with Crippen LogP contribution < -0.4 is 5.32 Å². The van der Waals surface area contributed by atoms with Gasteiger partial charge in [-0.2, -0.15) is 0 Å². The number of nitrogens with one attached hydrogen (secondary N) is 1. The molecule has 1 heterocycles. The lowest BCUT2D eigenvalue weighted by Crippen LogP contribution is -2.30. The highest BCUT2D eigenvalue weighted by molar-refractivity contribution is 6.35. The van der Waals surface area contributed by atoms with Crippen LogP contribution in [0.1, 0.15) is 29.5 Å². The minimum atomic E-state index is -0.505. The first kappa shape index (κ1) is 16.4. The molecule has 0 radical (unpaired) electrons. The fraction of sp³-hybridized carbons (Fsp3) is 0.222. The van der Waals surface area contributed by atoms with Crippen LogP contribution in [0.4, 0.5) is 15.8 Å². The SMILES string of the molecule is O=[N+]([O-])c1ccc(F)c2c1C1C=CCC1C(c1ccc(Cl)cc1Cl)N2. The number of halogens is 3. The average molecular weight is 379 g/mol. The Hall–Kier alpha value is -2.11. The maximum atomic E-state index is 14.5. The molecule has 3 atom stereocenters. The fourth-order valence-electron chi connectivity index (χ4n) is 3.88. The highest BCUT2D eigenvalue weighted by atomic mass is 35.5. The second kappa shape index (κ2) is 6.00. The monoisotopic (exact) mass is 378 g/mol. The van der Waals surface area contributed by atoms with Crippen LogP contribution in [-0.4, -0.2) is 4.92 Å². The zero-order valence-electron chi connectivity index (χ0n) is 12.9. The van der Waals surface area contributed by atoms with Crippen LogP contribution in [0.3, 0.4) is 0 Å². The summed E-state index contributed by atoms with van der Waals surface area (Å²) in [4.78, 5) is 11.0. The summed E-state index contributed by atoms with van der Waals surface area (Å²) in [6.07, 6.45) is 4.64. The summed E-state index contributed by atoms with van der Waals surface area (Å²) in [6, 6.07) is 7.31. The van der Waals surface area contributed by atoms with Crippen LogP contribution in [0.5, 0.6) is 0 Å². The number of nitrogens with zero attached hydrogens (tertiary/aromatic N) is 1. The molecule has 3 unspecified atom stereocenters. The third-order valence-electron chi connectivity index (χ3n) is 4.94. The average Bonchev–Trinajstić information content (AvgIpc) is 3.04. The summed E-state index contributed by atoms with van der Waals surface area (Å²) in [5.41, 5.74) is 1.33. The lowest BCUT2D eigenvalue weighted by molar-refractivity contribution is -0.385. The van der Waals surface area contributed by atoms with E-state index in [0.29, 0.717) is 15.6 Å². The molecule has 0 saturated carbocycles. The normalized spacial score (nSPS) is 23.7. The topological polar surface area (TPSA) is 55.2 Å². The van der Waals surface area contributed by atoms with Crippen LogP contribution in [0.15, 0.2) is 42.5 Å². The van der Waals surface area contributed by atoms with Gasteiger partial charge in [0, 0.05) is 22.0 Å². The molecule has 0 amide bonds. The van der Waals surface area contributed by atoms with E-state index in [0.717, 1.165) is 18.1 Å². The van der Waals surface area contributed by atoms with Crippen LogP contribution >= 0.6 is 23.2 Å². The summed E-state index contributed by atoms with van der Waals surface area (Å²) < 4.78 is 14.5. The van der Waals surface area contributed by atoms with Crippen molar-refractivity contribution in [3.63, 3.8) is 0 Å². The number of hydrogen-bond acceptors (Lipinski definition) is 3. The van der Waals surface area contributed by atoms with Crippen molar-refractivity contribution in [2.75, 3.05) is 5.32 Å². The second-order valence-electron chi connectivity index (χ2n) is 6.25. The minimum Gasteiger partial charge on any atom is -0.375 e. The van der Waals surface area contributed by atoms with E-state index in [4.69, 9.17) is 23.2 Å². The first-order valence-electron chi connectivity index (χ1n) is 7.82. The van der Waals surface area contributed by atoms with E-state index in [1.165, 1.54) is 6.07 Å². The molecule has 25 heavy (non-hydrogen) atoms. The summed E-state index contributed by atoms with van der Waals surface area (Å²) in [5.74, 6) is -0.717. The molecule has 7 heteroatoms. The van der Waals surface area contributed by atoms with E-state index in [1.54, 1.807) is 12.1 Å². The maximum Gasteiger partial charge on any atom is 0.275 e. The largest absolute Gasteiger partial charge is 0.375 e. The molecule has 0 fully saturated rings. The Morgan fingerprint density at radius 3 is 2.76 bits per heavy atom. The number of anilines is 1. The van der Waals surface area contributed by atoms with Crippen molar-refractivity contribution in [1.82, 2.24) is 0 Å². The van der Waals surface area contributed by atoms with Crippen LogP contribution in [0.25, 0.3) is 0 Å². The molecular weight excluding hydrogens is 366 g/mol. The van der Waals surface area contributed by atoms with Gasteiger partial charge in [-0.15, -0.1) is 0 Å². The second-order valence-corrected chi connectivity index (χ2v) is 7.10. The number of benzene rings is 2. The molecule has 2 aromatic carbocycles. The molecule has 0 aromatic heterocycles. The van der Waals surface area contributed by atoms with Gasteiger partial charge in [-0.25, -0.2) is 4.39 Å². The third-order valence-corrected chi connectivity index (χ3v) is 5.50. The van der Waals surface area contributed by atoms with Crippen molar-refractivity contribution in [1.29, 1.82) is 0 Å². The highest BCUT2D eigenvalue weighted by Gasteiger charge is 2.43. The van der Waals surface area contributed by atoms with Crippen LogP contribution in [0.2, 0.25) is 10.0 Å². The smallest absolute Gasteiger partial charge is 0.275 e. The minimum absolute atomic E-state index is 0.0201. The molecule has 1 aliphatic carbocycles. The molecule has 0 bridgehead atoms. The number of rotatable bonds is 2. The number of fused-ring (bicyclic) bond motifs is 3. The molecular formula is C18H13Cl2FN2O2. The van der Waals surface area contributed by atoms with Gasteiger partial charge in [0.05, 0.1) is 22.2 Å². The predicted molar refractivity (Wildman–Crippen MR) is 95.9 cm³/mol. The van der Waals surface area contributed by atoms with E-state index >= 15 is 0 Å². The zero-order valence-corrected chi connectivity index (χ0v) is 14.4. The van der Waals surface area contributed by atoms with Gasteiger partial charge in [0.1, 0.15) is 5.82 Å². The van der Waals surface area contributed by atoms with E-state index in [2.05, 4.69) is 5.32 Å². The Morgan fingerprint density at radius 1 is 1.24 bits per heavy atom. The molecule has 4 rings (SSSR count). The van der Waals surface area contributed by atoms with Crippen molar-refractivity contribution >= 4 is 34.6 Å². The number of allylic oxidation sites excluding steroid dienone is 2. The Labute approximate surface area is 153 Å². The standard InChI is InChI=1S/C18H13Cl2FN2O2/c19-9-4-5-12(13(20)8-9)17-11-3-1-2-10(11)16-15(23(24)25)7-6-14(21)18(16)22-17/h1-2,4-8,10-11,17,22H,3H2. The van der Waals surface area contributed by atoms with Crippen molar-refractivity contribution in [3.05, 3.63) is 79.6 Å². The third kappa shape index (κ3) is 2.58. The molecule has 4 nitrogen and oxygen atoms in total. The van der Waals surface area contributed by atoms with Gasteiger partial charge >= 0.3 is 0 Å². The van der Waals surface area contributed by atoms with E-state index in [1.807, 2.05) is 18.2 Å². The lowest BCUT2D eigenvalue weighted by atomic mass is 9.76. The van der Waals surface area contributed by atoms with Crippen molar-refractivity contribution in [3.8, 4) is 0 Å². The summed E-state index contributed by atoms with van der Waals surface area (Å²) in [5, 5.41) is 15.6. The van der Waals surface area contributed by atoms with Gasteiger partial charge < -0.3 is 5.32 Å². The quantitative estimate of drug-likeness (QED) is 0.404. The molecule has 128 valence electrons. The van der Waals surface area contributed by atoms with Gasteiger partial charge in [-0.3, -0.25) is 10.1 Å². The fourth-order valence-corrected chi connectivity index (χ4v) is 4.40. The predicted octanol–water partition coefficient (Wildman–Crippen LogP) is 5.87. The van der Waals surface area contributed by atoms with Crippen LogP contribution in [0, 0.1) is 21.8 Å². The number of nitro groups is 1. The molecule has 2 aromatic rings. The van der Waals surface area contributed by atoms with E-state index in [9.17, 15) is 14.5 Å². The summed E-state index contributed by atoms with van der Waals surface area (Å²) in [7, 11) is 0. The Morgan fingerprint density at radius 2 is 2.04 bits per heavy atom. The van der Waals surface area contributed by atoms with Crippen molar-refractivity contribution < 1.29 is 9.31 Å². The van der Waals surface area contributed by atoms with Crippen LogP contribution in [-0.2, 0) is 0 Å². The van der Waals surface area contributed by atoms with E-state index < -0.39 is 10.7 Å². The zero-order chi connectivity index (χ0) is 17.7. The van der Waals surface area contributed by atoms with Gasteiger partial charge in [-0.1, -0.05) is 41.4 Å².